The van der Waals surface area contributed by atoms with Crippen LogP contribution in [0.25, 0.3) is 0 Å². The molecule has 1 saturated heterocycles. The van der Waals surface area contributed by atoms with Crippen molar-refractivity contribution in [3.8, 4) is 0 Å². The Kier molecular flexibility index (Phi) is 17.0. The van der Waals surface area contributed by atoms with Crippen LogP contribution in [0.4, 0.5) is 0 Å². The van der Waals surface area contributed by atoms with Gasteiger partial charge in [0.05, 0.1) is 42.2 Å². The average Bonchev–Trinajstić information content (AvgIpc) is 3.59. The van der Waals surface area contributed by atoms with E-state index in [0.717, 1.165) is 5.56 Å². The van der Waals surface area contributed by atoms with Gasteiger partial charge >= 0.3 is 5.97 Å². The van der Waals surface area contributed by atoms with E-state index in [9.17, 15) is 29.1 Å². The average molecular weight is 718 g/mol. The number of nitrogens with zero attached hydrogens (tertiary/aromatic N) is 2. The summed E-state index contributed by atoms with van der Waals surface area (Å²) in [5.41, 5.74) is -0.0968. The summed E-state index contributed by atoms with van der Waals surface area (Å²) in [5, 5.41) is 18.4. The van der Waals surface area contributed by atoms with Gasteiger partial charge in [0.25, 0.3) is 0 Å². The minimum Gasteiger partial charge on any atom is -0.480 e. The lowest BCUT2D eigenvalue weighted by Gasteiger charge is -2.41. The van der Waals surface area contributed by atoms with Gasteiger partial charge in [-0.15, -0.1) is 0 Å². The molecular weight excluding hydrogens is 654 g/mol. The van der Waals surface area contributed by atoms with Gasteiger partial charge in [-0.2, -0.15) is 0 Å². The van der Waals surface area contributed by atoms with Crippen LogP contribution in [0.15, 0.2) is 30.3 Å². The first-order valence-electron chi connectivity index (χ1n) is 18.1. The fraction of sp³-hybridized carbons (Fsp3) is 0.711. The van der Waals surface area contributed by atoms with Gasteiger partial charge in [-0.25, -0.2) is 4.79 Å². The highest BCUT2D eigenvalue weighted by Crippen LogP contribution is 2.30. The fourth-order valence-electron chi connectivity index (χ4n) is 6.83. The number of ether oxygens (including phenoxy) is 2. The number of carbonyl (C=O) groups excluding carboxylic acids is 4. The molecule has 2 rings (SSSR count). The van der Waals surface area contributed by atoms with Gasteiger partial charge in [-0.1, -0.05) is 71.4 Å². The Hall–Kier alpha value is -3.55. The third-order valence-corrected chi connectivity index (χ3v) is 10.6. The third-order valence-electron chi connectivity index (χ3n) is 10.6. The van der Waals surface area contributed by atoms with Crippen LogP contribution in [0.1, 0.15) is 79.7 Å². The summed E-state index contributed by atoms with van der Waals surface area (Å²) in [5.74, 6) is -3.36. The predicted octanol–water partition coefficient (Wildman–Crippen LogP) is 2.86. The summed E-state index contributed by atoms with van der Waals surface area (Å²) >= 11 is 0. The lowest BCUT2D eigenvalue weighted by molar-refractivity contribution is -0.148. The van der Waals surface area contributed by atoms with Crippen LogP contribution in [0.2, 0.25) is 0 Å². The molecule has 1 aliphatic rings. The van der Waals surface area contributed by atoms with E-state index in [-0.39, 0.29) is 42.4 Å². The van der Waals surface area contributed by atoms with Gasteiger partial charge in [0, 0.05) is 34.2 Å². The minimum atomic E-state index is -1.14. The molecule has 1 heterocycles. The number of methoxy groups -OCH3 is 2. The number of aliphatic carboxylic acids is 1. The van der Waals surface area contributed by atoms with Crippen LogP contribution in [0.5, 0.6) is 0 Å². The van der Waals surface area contributed by atoms with E-state index >= 15 is 0 Å². The van der Waals surface area contributed by atoms with Crippen LogP contribution in [0.3, 0.4) is 0 Å². The number of carbonyl (C=O) groups is 5. The molecule has 0 spiro atoms. The van der Waals surface area contributed by atoms with E-state index in [1.54, 1.807) is 44.7 Å². The van der Waals surface area contributed by atoms with Crippen molar-refractivity contribution >= 4 is 29.6 Å². The molecule has 13 nitrogen and oxygen atoms in total. The molecule has 8 atom stereocenters. The van der Waals surface area contributed by atoms with Crippen LogP contribution in [-0.2, 0) is 39.9 Å². The Balaban J connectivity index is 2.26. The van der Waals surface area contributed by atoms with Crippen LogP contribution >= 0.6 is 0 Å². The number of amides is 4. The van der Waals surface area contributed by atoms with Crippen LogP contribution < -0.4 is 16.0 Å². The largest absolute Gasteiger partial charge is 0.480 e. The molecule has 1 fully saturated rings. The lowest BCUT2D eigenvalue weighted by atomic mass is 9.89. The molecule has 288 valence electrons. The second-order valence-electron chi connectivity index (χ2n) is 14.7. The Morgan fingerprint density at radius 1 is 1.02 bits per heavy atom. The van der Waals surface area contributed by atoms with Crippen molar-refractivity contribution in [3.63, 3.8) is 0 Å². The Morgan fingerprint density at radius 3 is 2.16 bits per heavy atom. The zero-order chi connectivity index (χ0) is 38.6. The molecule has 4 N–H and O–H groups in total. The van der Waals surface area contributed by atoms with Crippen molar-refractivity contribution in [2.75, 3.05) is 34.9 Å². The molecule has 1 aliphatic heterocycles. The summed E-state index contributed by atoms with van der Waals surface area (Å²) in [6.07, 6.45) is 0.809. The van der Waals surface area contributed by atoms with Crippen LogP contribution in [-0.4, -0.2) is 121 Å². The van der Waals surface area contributed by atoms with Gasteiger partial charge in [0.1, 0.15) is 12.1 Å². The second-order valence-corrected chi connectivity index (χ2v) is 14.7. The summed E-state index contributed by atoms with van der Waals surface area (Å²) in [6, 6.07) is 6.27. The topological polar surface area (TPSA) is 167 Å². The molecule has 0 saturated carbocycles. The molecule has 1 aromatic carbocycles. The standard InChI is InChI=1S/C38H63N5O8/c1-12-24(4)32(42(9)35(46)31(23(2)3)41-37(49)38(6,7)39-8)29(50-10)22-30(44)43-20-16-19-28(43)33(51-11)25(5)34(45)40-27(36(47)48)21-26-17-14-13-15-18-26/h13-15,17-18,23-25,27-29,31-33,39H,12,16,19-22H2,1-11H3,(H,40,45)(H,41,49)(H,47,48)/t24-,25+,27-,28?,29+,31-,32-,33+/m0/s1. The summed E-state index contributed by atoms with van der Waals surface area (Å²) in [6.45, 7) is 13.4. The summed E-state index contributed by atoms with van der Waals surface area (Å²) < 4.78 is 11.8. The van der Waals surface area contributed by atoms with E-state index < -0.39 is 59.7 Å². The zero-order valence-electron chi connectivity index (χ0n) is 32.5. The quantitative estimate of drug-likeness (QED) is 0.159. The number of nitrogens with one attached hydrogen (secondary N) is 3. The molecule has 1 aromatic rings. The van der Waals surface area contributed by atoms with Gasteiger partial charge in [-0.3, -0.25) is 19.2 Å². The lowest BCUT2D eigenvalue weighted by Crippen LogP contribution is -2.61. The first-order valence-corrected chi connectivity index (χ1v) is 18.1. The number of likely N-dealkylation sites (N-methyl/N-ethyl adjacent to an activating group) is 2. The van der Waals surface area contributed by atoms with Gasteiger partial charge in [0.15, 0.2) is 0 Å². The smallest absolute Gasteiger partial charge is 0.326 e. The van der Waals surface area contributed by atoms with E-state index in [4.69, 9.17) is 9.47 Å². The Morgan fingerprint density at radius 2 is 1.65 bits per heavy atom. The van der Waals surface area contributed by atoms with Crippen molar-refractivity contribution in [2.45, 2.75) is 122 Å². The molecule has 0 bridgehead atoms. The number of carboxylic acid groups (broad SMARTS) is 1. The number of benzene rings is 1. The molecule has 13 heteroatoms. The maximum Gasteiger partial charge on any atom is 0.326 e. The van der Waals surface area contributed by atoms with Crippen LogP contribution in [0, 0.1) is 17.8 Å². The minimum absolute atomic E-state index is 0.0136. The maximum atomic E-state index is 14.1. The highest BCUT2D eigenvalue weighted by molar-refractivity contribution is 5.92. The number of hydrogen-bond acceptors (Lipinski definition) is 8. The maximum absolute atomic E-state index is 14.1. The third kappa shape index (κ3) is 11.5. The van der Waals surface area contributed by atoms with Crippen molar-refractivity contribution in [3.05, 3.63) is 35.9 Å². The molecule has 0 aliphatic carbocycles. The number of hydrogen-bond donors (Lipinski definition) is 4. The fourth-order valence-corrected chi connectivity index (χ4v) is 6.83. The van der Waals surface area contributed by atoms with Crippen molar-refractivity contribution in [1.82, 2.24) is 25.8 Å². The number of carboxylic acids is 1. The van der Waals surface area contributed by atoms with E-state index in [0.29, 0.717) is 25.8 Å². The molecular formula is C38H63N5O8. The number of likely N-dealkylation sites (tertiary alicyclic amines) is 1. The normalized spacial score (nSPS) is 19.0. The van der Waals surface area contributed by atoms with Gasteiger partial charge in [0.2, 0.25) is 23.6 Å². The number of rotatable bonds is 20. The van der Waals surface area contributed by atoms with Crippen molar-refractivity contribution in [1.29, 1.82) is 0 Å². The Labute approximate surface area is 304 Å². The second kappa shape index (κ2) is 19.9. The van der Waals surface area contributed by atoms with Gasteiger partial charge in [-0.05, 0) is 51.1 Å². The van der Waals surface area contributed by atoms with Gasteiger partial charge < -0.3 is 40.3 Å². The summed E-state index contributed by atoms with van der Waals surface area (Å²) in [7, 11) is 6.41. The first kappa shape index (κ1) is 43.6. The van der Waals surface area contributed by atoms with Crippen molar-refractivity contribution < 1.29 is 38.6 Å². The molecule has 0 aromatic heterocycles. The monoisotopic (exact) mass is 717 g/mol. The first-order chi connectivity index (χ1) is 23.9. The summed E-state index contributed by atoms with van der Waals surface area (Å²) in [4.78, 5) is 70.0. The zero-order valence-corrected chi connectivity index (χ0v) is 32.5. The molecule has 1 unspecified atom stereocenters. The van der Waals surface area contributed by atoms with E-state index in [1.807, 2.05) is 58.0 Å². The Bertz CT molecular complexity index is 1310. The highest BCUT2D eigenvalue weighted by atomic mass is 16.5. The van der Waals surface area contributed by atoms with Crippen molar-refractivity contribution in [2.24, 2.45) is 17.8 Å². The van der Waals surface area contributed by atoms with E-state index in [2.05, 4.69) is 16.0 Å². The highest BCUT2D eigenvalue weighted by Gasteiger charge is 2.43. The molecule has 4 amide bonds. The molecule has 51 heavy (non-hydrogen) atoms. The molecule has 0 radical (unpaired) electrons. The van der Waals surface area contributed by atoms with E-state index in [1.165, 1.54) is 14.2 Å². The SMILES string of the molecule is CC[C@H](C)[C@@H]([C@@H](CC(=O)N1CCCC1[C@H](OC)[C@@H](C)C(=O)N[C@@H](Cc1ccccc1)C(=O)O)OC)N(C)C(=O)[C@@H](NC(=O)C(C)(C)NC)C(C)C. The predicted molar refractivity (Wildman–Crippen MR) is 196 cm³/mol.